The highest BCUT2D eigenvalue weighted by Gasteiger charge is 2.24. The number of nitrogens with one attached hydrogen (secondary N) is 3. The molecule has 1 atom stereocenters. The number of quaternary nitrogens is 1. The third kappa shape index (κ3) is 5.91. The molecule has 1 saturated carbocycles. The molecular formula is C14H18Cl2N3O2+. The molecule has 3 N–H and O–H groups in total. The summed E-state index contributed by atoms with van der Waals surface area (Å²) < 4.78 is 0. The van der Waals surface area contributed by atoms with Crippen LogP contribution in [-0.4, -0.2) is 38.0 Å². The average molecular weight is 331 g/mol. The van der Waals surface area contributed by atoms with Gasteiger partial charge in [-0.25, -0.2) is 0 Å². The van der Waals surface area contributed by atoms with E-state index < -0.39 is 0 Å². The van der Waals surface area contributed by atoms with Crippen LogP contribution in [0.2, 0.25) is 10.0 Å². The number of likely N-dealkylation sites (N-methyl/N-ethyl adjacent to an activating group) is 1. The summed E-state index contributed by atoms with van der Waals surface area (Å²) in [6.07, 6.45) is 2.11. The van der Waals surface area contributed by atoms with Crippen molar-refractivity contribution in [3.05, 3.63) is 28.2 Å². The molecule has 1 aliphatic carbocycles. The second-order valence-electron chi connectivity index (χ2n) is 5.36. The number of anilines is 1. The van der Waals surface area contributed by atoms with Crippen molar-refractivity contribution in [2.24, 2.45) is 0 Å². The van der Waals surface area contributed by atoms with E-state index in [1.165, 1.54) is 0 Å². The molecular weight excluding hydrogens is 313 g/mol. The van der Waals surface area contributed by atoms with Gasteiger partial charge in [0.1, 0.15) is 0 Å². The second kappa shape index (κ2) is 7.11. The molecule has 0 aromatic heterocycles. The van der Waals surface area contributed by atoms with Crippen LogP contribution in [0, 0.1) is 0 Å². The lowest BCUT2D eigenvalue weighted by Gasteiger charge is -2.13. The summed E-state index contributed by atoms with van der Waals surface area (Å²) in [7, 11) is 1.80. The number of hydrogen-bond acceptors (Lipinski definition) is 2. The maximum Gasteiger partial charge on any atom is 0.279 e. The molecule has 0 saturated heterocycles. The number of halogens is 2. The predicted molar refractivity (Wildman–Crippen MR) is 82.9 cm³/mol. The van der Waals surface area contributed by atoms with Gasteiger partial charge in [-0.3, -0.25) is 9.59 Å². The lowest BCUT2D eigenvalue weighted by molar-refractivity contribution is -0.862. The van der Waals surface area contributed by atoms with Crippen molar-refractivity contribution >= 4 is 40.7 Å². The minimum Gasteiger partial charge on any atom is -0.348 e. The first-order chi connectivity index (χ1) is 9.92. The van der Waals surface area contributed by atoms with Gasteiger partial charge < -0.3 is 15.5 Å². The van der Waals surface area contributed by atoms with E-state index in [2.05, 4.69) is 10.6 Å². The van der Waals surface area contributed by atoms with E-state index in [0.717, 1.165) is 17.7 Å². The molecule has 1 fully saturated rings. The minimum absolute atomic E-state index is 0.0198. The Morgan fingerprint density at radius 2 is 1.71 bits per heavy atom. The van der Waals surface area contributed by atoms with Gasteiger partial charge in [0, 0.05) is 21.8 Å². The van der Waals surface area contributed by atoms with E-state index in [9.17, 15) is 9.59 Å². The Morgan fingerprint density at radius 1 is 1.14 bits per heavy atom. The van der Waals surface area contributed by atoms with Crippen molar-refractivity contribution in [1.82, 2.24) is 5.32 Å². The van der Waals surface area contributed by atoms with Crippen LogP contribution in [0.4, 0.5) is 5.69 Å². The molecule has 1 unspecified atom stereocenters. The normalized spacial score (nSPS) is 15.4. The molecule has 1 aromatic carbocycles. The standard InChI is InChI=1S/C14H17Cl2N3O2/c1-19(7-13(20)17-11-2-3-11)8-14(21)18-12-5-9(15)4-10(16)6-12/h4-6,11H,2-3,7-8H2,1H3,(H,17,20)(H,18,21)/p+1. The van der Waals surface area contributed by atoms with Gasteiger partial charge in [0.05, 0.1) is 7.05 Å². The molecule has 0 radical (unpaired) electrons. The highest BCUT2D eigenvalue weighted by Crippen LogP contribution is 2.22. The van der Waals surface area contributed by atoms with Gasteiger partial charge in [0.15, 0.2) is 13.1 Å². The quantitative estimate of drug-likeness (QED) is 0.720. The van der Waals surface area contributed by atoms with Crippen LogP contribution in [0.15, 0.2) is 18.2 Å². The van der Waals surface area contributed by atoms with Gasteiger partial charge in [0.25, 0.3) is 11.8 Å². The number of benzene rings is 1. The topological polar surface area (TPSA) is 62.6 Å². The molecule has 114 valence electrons. The Bertz CT molecular complexity index is 527. The summed E-state index contributed by atoms with van der Waals surface area (Å²) in [5, 5.41) is 6.54. The van der Waals surface area contributed by atoms with Crippen LogP contribution in [-0.2, 0) is 9.59 Å². The highest BCUT2D eigenvalue weighted by atomic mass is 35.5. The molecule has 7 heteroatoms. The van der Waals surface area contributed by atoms with E-state index in [1.54, 1.807) is 25.2 Å². The molecule has 0 heterocycles. The average Bonchev–Trinajstić information content (AvgIpc) is 3.09. The van der Waals surface area contributed by atoms with Crippen LogP contribution >= 0.6 is 23.2 Å². The van der Waals surface area contributed by atoms with Crippen LogP contribution in [0.25, 0.3) is 0 Å². The lowest BCUT2D eigenvalue weighted by Crippen LogP contribution is -3.11. The zero-order chi connectivity index (χ0) is 15.4. The molecule has 21 heavy (non-hydrogen) atoms. The van der Waals surface area contributed by atoms with Gasteiger partial charge in [-0.05, 0) is 31.0 Å². The van der Waals surface area contributed by atoms with E-state index in [0.29, 0.717) is 21.8 Å². The maximum atomic E-state index is 11.9. The zero-order valence-electron chi connectivity index (χ0n) is 11.7. The molecule has 0 bridgehead atoms. The third-order valence-electron chi connectivity index (χ3n) is 3.01. The minimum atomic E-state index is -0.190. The Hall–Kier alpha value is -1.30. The van der Waals surface area contributed by atoms with Gasteiger partial charge in [-0.1, -0.05) is 23.2 Å². The number of carbonyl (C=O) groups excluding carboxylic acids is 2. The van der Waals surface area contributed by atoms with Crippen molar-refractivity contribution in [2.75, 3.05) is 25.5 Å². The first-order valence-electron chi connectivity index (χ1n) is 6.79. The second-order valence-corrected chi connectivity index (χ2v) is 6.23. The highest BCUT2D eigenvalue weighted by molar-refractivity contribution is 6.35. The van der Waals surface area contributed by atoms with Crippen molar-refractivity contribution in [1.29, 1.82) is 0 Å². The van der Waals surface area contributed by atoms with Crippen molar-refractivity contribution in [3.8, 4) is 0 Å². The largest absolute Gasteiger partial charge is 0.348 e. The van der Waals surface area contributed by atoms with Gasteiger partial charge in [-0.2, -0.15) is 0 Å². The lowest BCUT2D eigenvalue weighted by atomic mass is 10.3. The van der Waals surface area contributed by atoms with Gasteiger partial charge >= 0.3 is 0 Å². The Morgan fingerprint density at radius 3 is 2.29 bits per heavy atom. The third-order valence-corrected chi connectivity index (χ3v) is 3.45. The fourth-order valence-corrected chi connectivity index (χ4v) is 2.47. The summed E-state index contributed by atoms with van der Waals surface area (Å²) in [6, 6.07) is 5.19. The molecule has 0 spiro atoms. The van der Waals surface area contributed by atoms with Crippen molar-refractivity contribution in [3.63, 3.8) is 0 Å². The van der Waals surface area contributed by atoms with E-state index in [4.69, 9.17) is 23.2 Å². The Labute approximate surface area is 133 Å². The van der Waals surface area contributed by atoms with Crippen LogP contribution in [0.3, 0.4) is 0 Å². The van der Waals surface area contributed by atoms with Crippen LogP contribution < -0.4 is 15.5 Å². The zero-order valence-corrected chi connectivity index (χ0v) is 13.2. The first-order valence-corrected chi connectivity index (χ1v) is 7.54. The fraction of sp³-hybridized carbons (Fsp3) is 0.429. The summed E-state index contributed by atoms with van der Waals surface area (Å²) in [4.78, 5) is 24.4. The van der Waals surface area contributed by atoms with Gasteiger partial charge in [-0.15, -0.1) is 0 Å². The SMILES string of the molecule is C[NH+](CC(=O)Nc1cc(Cl)cc(Cl)c1)CC(=O)NC1CC1. The number of rotatable bonds is 6. The fourth-order valence-electron chi connectivity index (χ4n) is 1.95. The maximum absolute atomic E-state index is 11.9. The molecule has 2 rings (SSSR count). The van der Waals surface area contributed by atoms with Crippen LogP contribution in [0.1, 0.15) is 12.8 Å². The van der Waals surface area contributed by atoms with Crippen LogP contribution in [0.5, 0.6) is 0 Å². The molecule has 2 amide bonds. The van der Waals surface area contributed by atoms with Crippen molar-refractivity contribution < 1.29 is 14.5 Å². The molecule has 1 aliphatic rings. The number of amides is 2. The Kier molecular flexibility index (Phi) is 5.45. The Balaban J connectivity index is 1.78. The molecule has 1 aromatic rings. The van der Waals surface area contributed by atoms with E-state index in [-0.39, 0.29) is 24.9 Å². The first kappa shape index (κ1) is 16.1. The van der Waals surface area contributed by atoms with Crippen molar-refractivity contribution in [2.45, 2.75) is 18.9 Å². The number of carbonyl (C=O) groups is 2. The smallest absolute Gasteiger partial charge is 0.279 e. The summed E-state index contributed by atoms with van der Waals surface area (Å²) in [6.45, 7) is 0.475. The predicted octanol–water partition coefficient (Wildman–Crippen LogP) is 0.725. The summed E-state index contributed by atoms with van der Waals surface area (Å²) in [5.74, 6) is -0.210. The monoisotopic (exact) mass is 330 g/mol. The van der Waals surface area contributed by atoms with Gasteiger partial charge in [0.2, 0.25) is 0 Å². The molecule has 0 aliphatic heterocycles. The van der Waals surface area contributed by atoms with E-state index in [1.807, 2.05) is 0 Å². The molecule has 5 nitrogen and oxygen atoms in total. The summed E-state index contributed by atoms with van der Waals surface area (Å²) >= 11 is 11.7. The summed E-state index contributed by atoms with van der Waals surface area (Å²) in [5.41, 5.74) is 0.549. The number of hydrogen-bond donors (Lipinski definition) is 3. The van der Waals surface area contributed by atoms with E-state index >= 15 is 0 Å².